The van der Waals surface area contributed by atoms with Gasteiger partial charge in [0.25, 0.3) is 5.91 Å². The van der Waals surface area contributed by atoms with Crippen LogP contribution in [0.15, 0.2) is 35.8 Å². The molecule has 3 rings (SSSR count). The van der Waals surface area contributed by atoms with Crippen LogP contribution in [0.25, 0.3) is 10.9 Å². The Hall–Kier alpha value is -2.51. The van der Waals surface area contributed by atoms with Gasteiger partial charge in [0.05, 0.1) is 5.56 Å². The molecule has 0 saturated carbocycles. The lowest BCUT2D eigenvalue weighted by atomic mass is 10.1. The molecule has 0 spiro atoms. The maximum absolute atomic E-state index is 12.4. The van der Waals surface area contributed by atoms with E-state index < -0.39 is 5.91 Å². The number of hydrogen-bond donors (Lipinski definition) is 3. The van der Waals surface area contributed by atoms with Crippen molar-refractivity contribution in [3.63, 3.8) is 0 Å². The first kappa shape index (κ1) is 19.5. The highest BCUT2D eigenvalue weighted by Crippen LogP contribution is 2.22. The molecular formula is C17H22N4O2S. The molecule has 0 aliphatic carbocycles. The van der Waals surface area contributed by atoms with E-state index in [1.165, 1.54) is 5.38 Å². The summed E-state index contributed by atoms with van der Waals surface area (Å²) in [5.74, 6) is 4.30. The first-order chi connectivity index (χ1) is 11.7. The van der Waals surface area contributed by atoms with E-state index in [9.17, 15) is 9.59 Å². The number of hydrogen-bond acceptors (Lipinski definition) is 5. The maximum Gasteiger partial charge on any atom is 0.284 e. The fourth-order valence-corrected chi connectivity index (χ4v) is 2.68. The number of benzene rings is 1. The molecule has 0 radical (unpaired) electrons. The summed E-state index contributed by atoms with van der Waals surface area (Å²) >= 11 is 1.12. The number of hydrazine groups is 1. The number of ketones is 1. The molecule has 1 amide bonds. The van der Waals surface area contributed by atoms with Gasteiger partial charge in [-0.3, -0.25) is 15.0 Å². The number of thiazole rings is 1. The molecule has 0 atom stereocenters. The number of nitrogens with two attached hydrogens (primary N) is 1. The van der Waals surface area contributed by atoms with Crippen LogP contribution >= 0.6 is 11.3 Å². The summed E-state index contributed by atoms with van der Waals surface area (Å²) in [4.78, 5) is 30.8. The van der Waals surface area contributed by atoms with E-state index in [4.69, 9.17) is 5.84 Å². The maximum atomic E-state index is 12.4. The predicted molar refractivity (Wildman–Crippen MR) is 98.2 cm³/mol. The third-order valence-electron chi connectivity index (χ3n) is 2.90. The minimum absolute atomic E-state index is 0.140. The number of H-pyrrole nitrogens is 1. The molecule has 0 aliphatic rings. The van der Waals surface area contributed by atoms with E-state index >= 15 is 0 Å². The number of nitrogens with one attached hydrogen (secondary N) is 2. The zero-order valence-corrected chi connectivity index (χ0v) is 15.0. The normalized spacial score (nSPS) is 9.38. The van der Waals surface area contributed by atoms with E-state index in [1.807, 2.05) is 57.4 Å². The van der Waals surface area contributed by atoms with Crippen molar-refractivity contribution in [2.75, 3.05) is 0 Å². The van der Waals surface area contributed by atoms with Crippen LogP contribution in [0.2, 0.25) is 0 Å². The van der Waals surface area contributed by atoms with E-state index in [2.05, 4.69) is 9.97 Å². The summed E-state index contributed by atoms with van der Waals surface area (Å²) in [6, 6.07) is 7.50. The molecule has 0 bridgehead atoms. The number of para-hydroxylation sites is 1. The van der Waals surface area contributed by atoms with Crippen molar-refractivity contribution in [3.05, 3.63) is 52.1 Å². The van der Waals surface area contributed by atoms with Gasteiger partial charge in [0.15, 0.2) is 5.01 Å². The molecule has 2 heterocycles. The Kier molecular flexibility index (Phi) is 7.81. The van der Waals surface area contributed by atoms with Gasteiger partial charge in [0.2, 0.25) is 5.78 Å². The minimum Gasteiger partial charge on any atom is -0.360 e. The summed E-state index contributed by atoms with van der Waals surface area (Å²) in [5, 5.41) is 2.59. The number of aromatic nitrogens is 2. The molecule has 0 unspecified atom stereocenters. The lowest BCUT2D eigenvalue weighted by molar-refractivity contribution is 0.0949. The van der Waals surface area contributed by atoms with Gasteiger partial charge in [-0.1, -0.05) is 45.9 Å². The van der Waals surface area contributed by atoms with Gasteiger partial charge in [-0.05, 0) is 6.07 Å². The molecule has 24 heavy (non-hydrogen) atoms. The van der Waals surface area contributed by atoms with Crippen molar-refractivity contribution < 1.29 is 9.59 Å². The Balaban J connectivity index is 0.000000671. The molecule has 3 aromatic rings. The summed E-state index contributed by atoms with van der Waals surface area (Å²) in [6.45, 7) is 8.00. The number of fused-ring (bicyclic) bond motifs is 1. The monoisotopic (exact) mass is 346 g/mol. The number of carbonyl (C=O) groups is 2. The Labute approximate surface area is 145 Å². The van der Waals surface area contributed by atoms with E-state index in [0.29, 0.717) is 5.56 Å². The van der Waals surface area contributed by atoms with Crippen molar-refractivity contribution >= 4 is 33.9 Å². The average molecular weight is 346 g/mol. The highest BCUT2D eigenvalue weighted by molar-refractivity contribution is 7.12. The summed E-state index contributed by atoms with van der Waals surface area (Å²) in [7, 11) is 0. The fourth-order valence-electron chi connectivity index (χ4n) is 1.93. The molecule has 0 aliphatic heterocycles. The summed E-state index contributed by atoms with van der Waals surface area (Å²) < 4.78 is 0. The molecule has 6 nitrogen and oxygen atoms in total. The topological polar surface area (TPSA) is 101 Å². The molecule has 4 N–H and O–H groups in total. The van der Waals surface area contributed by atoms with Gasteiger partial charge >= 0.3 is 0 Å². The van der Waals surface area contributed by atoms with Crippen LogP contribution in [-0.4, -0.2) is 21.7 Å². The van der Waals surface area contributed by atoms with Crippen molar-refractivity contribution in [1.82, 2.24) is 15.4 Å². The summed E-state index contributed by atoms with van der Waals surface area (Å²) in [6.07, 6.45) is 1.65. The number of aromatic amines is 1. The lowest BCUT2D eigenvalue weighted by Crippen LogP contribution is -2.30. The van der Waals surface area contributed by atoms with Crippen LogP contribution in [0.3, 0.4) is 0 Å². The first-order valence-corrected chi connectivity index (χ1v) is 8.66. The van der Waals surface area contributed by atoms with E-state index in [1.54, 1.807) is 6.20 Å². The first-order valence-electron chi connectivity index (χ1n) is 7.78. The van der Waals surface area contributed by atoms with Gasteiger partial charge in [0.1, 0.15) is 5.69 Å². The van der Waals surface area contributed by atoms with Gasteiger partial charge in [-0.2, -0.15) is 0 Å². The number of amides is 1. The van der Waals surface area contributed by atoms with Crippen molar-refractivity contribution in [2.24, 2.45) is 5.84 Å². The van der Waals surface area contributed by atoms with Crippen LogP contribution in [0.4, 0.5) is 0 Å². The lowest BCUT2D eigenvalue weighted by Gasteiger charge is -1.95. The SMILES string of the molecule is CC.CC.NNC(=O)c1csc(C(=O)c2c[nH]c3ccccc23)n1. The van der Waals surface area contributed by atoms with Crippen molar-refractivity contribution in [1.29, 1.82) is 0 Å². The second-order valence-electron chi connectivity index (χ2n) is 4.09. The van der Waals surface area contributed by atoms with Gasteiger partial charge in [-0.25, -0.2) is 10.8 Å². The zero-order valence-electron chi connectivity index (χ0n) is 14.2. The van der Waals surface area contributed by atoms with E-state index in [0.717, 1.165) is 22.2 Å². The summed E-state index contributed by atoms with van der Waals surface area (Å²) in [5.41, 5.74) is 3.54. The van der Waals surface area contributed by atoms with Crippen molar-refractivity contribution in [2.45, 2.75) is 27.7 Å². The third kappa shape index (κ3) is 4.06. The van der Waals surface area contributed by atoms with Crippen LogP contribution < -0.4 is 11.3 Å². The largest absolute Gasteiger partial charge is 0.360 e. The molecule has 128 valence electrons. The molecule has 0 saturated heterocycles. The highest BCUT2D eigenvalue weighted by Gasteiger charge is 2.19. The Morgan fingerprint density at radius 3 is 2.50 bits per heavy atom. The van der Waals surface area contributed by atoms with Gasteiger partial charge in [-0.15, -0.1) is 11.3 Å². The molecular weight excluding hydrogens is 324 g/mol. The van der Waals surface area contributed by atoms with Gasteiger partial charge in [0, 0.05) is 22.5 Å². The smallest absolute Gasteiger partial charge is 0.284 e. The number of rotatable bonds is 3. The second-order valence-corrected chi connectivity index (χ2v) is 4.95. The van der Waals surface area contributed by atoms with Gasteiger partial charge < -0.3 is 4.98 Å². The van der Waals surface area contributed by atoms with Crippen LogP contribution in [0.5, 0.6) is 0 Å². The average Bonchev–Trinajstić information content (AvgIpc) is 3.31. The Morgan fingerprint density at radius 1 is 1.17 bits per heavy atom. The number of nitrogens with zero attached hydrogens (tertiary/aromatic N) is 1. The molecule has 7 heteroatoms. The highest BCUT2D eigenvalue weighted by atomic mass is 32.1. The van der Waals surface area contributed by atoms with Crippen LogP contribution in [0, 0.1) is 0 Å². The Bertz CT molecular complexity index is 808. The van der Waals surface area contributed by atoms with Crippen LogP contribution in [-0.2, 0) is 0 Å². The standard InChI is InChI=1S/C13H10N4O2S.2C2H6/c14-17-12(19)10-6-20-13(16-10)11(18)8-5-15-9-4-2-1-3-7(8)9;2*1-2/h1-6,15H,14H2,(H,17,19);2*1-2H3. The third-order valence-corrected chi connectivity index (χ3v) is 3.74. The predicted octanol–water partition coefficient (Wildman–Crippen LogP) is 3.51. The quantitative estimate of drug-likeness (QED) is 0.292. The van der Waals surface area contributed by atoms with Crippen molar-refractivity contribution in [3.8, 4) is 0 Å². The molecule has 1 aromatic carbocycles. The minimum atomic E-state index is -0.515. The second kappa shape index (κ2) is 9.59. The number of nitrogen functional groups attached to an aromatic ring is 1. The Morgan fingerprint density at radius 2 is 1.83 bits per heavy atom. The van der Waals surface area contributed by atoms with E-state index in [-0.39, 0.29) is 16.5 Å². The molecule has 2 aromatic heterocycles. The van der Waals surface area contributed by atoms with Crippen LogP contribution in [0.1, 0.15) is 53.5 Å². The number of carbonyl (C=O) groups excluding carboxylic acids is 2. The molecule has 0 fully saturated rings. The zero-order chi connectivity index (χ0) is 18.1. The fraction of sp³-hybridized carbons (Fsp3) is 0.235.